The predicted molar refractivity (Wildman–Crippen MR) is 112 cm³/mol. The van der Waals surface area contributed by atoms with E-state index in [4.69, 9.17) is 9.26 Å². The molecule has 1 atom stereocenters. The Labute approximate surface area is 178 Å². The molecule has 2 heterocycles. The highest BCUT2D eigenvalue weighted by Crippen LogP contribution is 2.38. The summed E-state index contributed by atoms with van der Waals surface area (Å²) in [5.41, 5.74) is 2.77. The van der Waals surface area contributed by atoms with E-state index in [-0.39, 0.29) is 29.3 Å². The second kappa shape index (κ2) is 8.56. The third-order valence-electron chi connectivity index (χ3n) is 5.13. The second-order valence-electron chi connectivity index (χ2n) is 7.65. The number of nitrogens with one attached hydrogen (secondary N) is 1. The summed E-state index contributed by atoms with van der Waals surface area (Å²) in [4.78, 5) is 15.0. The SMILES string of the molecule is CC(C)Oc1ccc(-c2nc(-c3cc4c(cc3F)C(CCC=O)CN4)no2)cc1C#N. The van der Waals surface area contributed by atoms with Crippen molar-refractivity contribution in [1.82, 2.24) is 10.1 Å². The van der Waals surface area contributed by atoms with E-state index in [1.54, 1.807) is 24.3 Å². The van der Waals surface area contributed by atoms with Gasteiger partial charge in [0.05, 0.1) is 17.2 Å². The summed E-state index contributed by atoms with van der Waals surface area (Å²) in [6, 6.07) is 10.2. The normalized spacial score (nSPS) is 14.7. The molecule has 0 amide bonds. The Kier molecular flexibility index (Phi) is 5.67. The fourth-order valence-corrected chi connectivity index (χ4v) is 3.68. The van der Waals surface area contributed by atoms with Crippen molar-refractivity contribution in [3.63, 3.8) is 0 Å². The van der Waals surface area contributed by atoms with Gasteiger partial charge in [-0.05, 0) is 56.2 Å². The van der Waals surface area contributed by atoms with Gasteiger partial charge >= 0.3 is 0 Å². The van der Waals surface area contributed by atoms with Gasteiger partial charge in [0.25, 0.3) is 5.89 Å². The van der Waals surface area contributed by atoms with Crippen molar-refractivity contribution in [1.29, 1.82) is 5.26 Å². The number of carbonyl (C=O) groups is 1. The van der Waals surface area contributed by atoms with Gasteiger partial charge in [0.1, 0.15) is 23.9 Å². The molecule has 0 spiro atoms. The number of nitriles is 1. The smallest absolute Gasteiger partial charge is 0.258 e. The molecule has 0 saturated heterocycles. The lowest BCUT2D eigenvalue weighted by Crippen LogP contribution is -2.06. The number of hydrogen-bond acceptors (Lipinski definition) is 7. The topological polar surface area (TPSA) is 101 Å². The Bertz CT molecular complexity index is 1170. The van der Waals surface area contributed by atoms with Crippen molar-refractivity contribution in [3.05, 3.63) is 47.3 Å². The number of fused-ring (bicyclic) bond motifs is 1. The number of rotatable bonds is 7. The third kappa shape index (κ3) is 4.12. The van der Waals surface area contributed by atoms with Gasteiger partial charge in [-0.1, -0.05) is 5.16 Å². The number of aldehydes is 1. The fourth-order valence-electron chi connectivity index (χ4n) is 3.68. The number of halogens is 1. The van der Waals surface area contributed by atoms with E-state index < -0.39 is 5.82 Å². The zero-order valence-corrected chi connectivity index (χ0v) is 17.2. The standard InChI is InChI=1S/C23H21FN4O3/c1-13(2)30-21-6-5-14(8-16(21)11-25)23-27-22(28-31-23)18-10-20-17(9-19(18)24)15(12-26-20)4-3-7-29/h5-10,13,15,26H,3-4,12H2,1-2H3. The molecule has 31 heavy (non-hydrogen) atoms. The first kappa shape index (κ1) is 20.5. The maximum Gasteiger partial charge on any atom is 0.258 e. The van der Waals surface area contributed by atoms with Crippen LogP contribution in [0.15, 0.2) is 34.9 Å². The van der Waals surface area contributed by atoms with Gasteiger partial charge in [0, 0.05) is 30.1 Å². The van der Waals surface area contributed by atoms with Crippen LogP contribution in [-0.2, 0) is 4.79 Å². The van der Waals surface area contributed by atoms with Crippen LogP contribution < -0.4 is 10.1 Å². The van der Waals surface area contributed by atoms with Gasteiger partial charge in [-0.3, -0.25) is 0 Å². The summed E-state index contributed by atoms with van der Waals surface area (Å²) >= 11 is 0. The summed E-state index contributed by atoms with van der Waals surface area (Å²) in [5.74, 6) is 0.416. The van der Waals surface area contributed by atoms with Crippen molar-refractivity contribution in [2.45, 2.75) is 38.7 Å². The van der Waals surface area contributed by atoms with E-state index in [0.29, 0.717) is 36.3 Å². The first-order valence-electron chi connectivity index (χ1n) is 10.1. The molecule has 2 aromatic carbocycles. The van der Waals surface area contributed by atoms with Crippen LogP contribution in [0.4, 0.5) is 10.1 Å². The van der Waals surface area contributed by atoms with Crippen molar-refractivity contribution >= 4 is 12.0 Å². The molecular formula is C23H21FN4O3. The average Bonchev–Trinajstić information content (AvgIpc) is 3.38. The Morgan fingerprint density at radius 3 is 2.97 bits per heavy atom. The minimum absolute atomic E-state index is 0.0672. The highest BCUT2D eigenvalue weighted by atomic mass is 19.1. The van der Waals surface area contributed by atoms with Crippen LogP contribution in [0.2, 0.25) is 0 Å². The Morgan fingerprint density at radius 2 is 2.23 bits per heavy atom. The van der Waals surface area contributed by atoms with Crippen molar-refractivity contribution < 1.29 is 18.4 Å². The van der Waals surface area contributed by atoms with Crippen LogP contribution in [-0.4, -0.2) is 29.1 Å². The first-order valence-corrected chi connectivity index (χ1v) is 10.1. The zero-order valence-electron chi connectivity index (χ0n) is 17.2. The van der Waals surface area contributed by atoms with E-state index in [9.17, 15) is 14.4 Å². The molecule has 3 aromatic rings. The van der Waals surface area contributed by atoms with Gasteiger partial charge in [-0.2, -0.15) is 10.2 Å². The van der Waals surface area contributed by atoms with Gasteiger partial charge in [-0.25, -0.2) is 4.39 Å². The summed E-state index contributed by atoms with van der Waals surface area (Å²) in [7, 11) is 0. The van der Waals surface area contributed by atoms with Gasteiger partial charge in [-0.15, -0.1) is 0 Å². The monoisotopic (exact) mass is 420 g/mol. The fraction of sp³-hybridized carbons (Fsp3) is 0.304. The van der Waals surface area contributed by atoms with Gasteiger partial charge in [0.15, 0.2) is 0 Å². The predicted octanol–water partition coefficient (Wildman–Crippen LogP) is 4.69. The number of nitrogens with zero attached hydrogens (tertiary/aromatic N) is 3. The number of anilines is 1. The zero-order chi connectivity index (χ0) is 22.0. The molecule has 1 aromatic heterocycles. The molecule has 1 N–H and O–H groups in total. The number of aromatic nitrogens is 2. The minimum atomic E-state index is -0.454. The Balaban J connectivity index is 1.63. The lowest BCUT2D eigenvalue weighted by Gasteiger charge is -2.11. The molecule has 1 aliphatic heterocycles. The number of hydrogen-bond donors (Lipinski definition) is 1. The molecule has 0 saturated carbocycles. The molecule has 4 rings (SSSR count). The highest BCUT2D eigenvalue weighted by molar-refractivity contribution is 5.70. The summed E-state index contributed by atoms with van der Waals surface area (Å²) in [6.07, 6.45) is 1.92. The van der Waals surface area contributed by atoms with E-state index in [1.807, 2.05) is 13.8 Å². The van der Waals surface area contributed by atoms with Crippen LogP contribution in [0.1, 0.15) is 43.7 Å². The number of benzene rings is 2. The molecule has 0 bridgehead atoms. The van der Waals surface area contributed by atoms with Crippen molar-refractivity contribution in [2.75, 3.05) is 11.9 Å². The maximum atomic E-state index is 14.9. The Morgan fingerprint density at radius 1 is 1.39 bits per heavy atom. The van der Waals surface area contributed by atoms with Crippen molar-refractivity contribution in [3.8, 4) is 34.7 Å². The summed E-state index contributed by atoms with van der Waals surface area (Å²) in [6.45, 7) is 4.42. The van der Waals surface area contributed by atoms with Crippen LogP contribution in [0.3, 0.4) is 0 Å². The molecule has 158 valence electrons. The minimum Gasteiger partial charge on any atom is -0.490 e. The van der Waals surface area contributed by atoms with Crippen LogP contribution in [0, 0.1) is 17.1 Å². The molecule has 7 nitrogen and oxygen atoms in total. The van der Waals surface area contributed by atoms with E-state index >= 15 is 0 Å². The molecule has 0 aliphatic carbocycles. The number of carbonyl (C=O) groups excluding carboxylic acids is 1. The van der Waals surface area contributed by atoms with Crippen LogP contribution in [0.25, 0.3) is 22.8 Å². The van der Waals surface area contributed by atoms with E-state index in [1.165, 1.54) is 6.07 Å². The van der Waals surface area contributed by atoms with Gasteiger partial charge < -0.3 is 19.4 Å². The maximum absolute atomic E-state index is 14.9. The van der Waals surface area contributed by atoms with Crippen LogP contribution >= 0.6 is 0 Å². The second-order valence-corrected chi connectivity index (χ2v) is 7.65. The highest BCUT2D eigenvalue weighted by Gasteiger charge is 2.25. The lowest BCUT2D eigenvalue weighted by atomic mass is 9.95. The van der Waals surface area contributed by atoms with Crippen molar-refractivity contribution in [2.24, 2.45) is 0 Å². The molecule has 1 unspecified atom stereocenters. The average molecular weight is 420 g/mol. The summed E-state index contributed by atoms with van der Waals surface area (Å²) < 4.78 is 25.8. The Hall–Kier alpha value is -3.73. The molecule has 1 aliphatic rings. The molecule has 8 heteroatoms. The lowest BCUT2D eigenvalue weighted by molar-refractivity contribution is -0.108. The number of ether oxygens (including phenoxy) is 1. The largest absolute Gasteiger partial charge is 0.490 e. The van der Waals surface area contributed by atoms with E-state index in [2.05, 4.69) is 21.5 Å². The molecular weight excluding hydrogens is 399 g/mol. The van der Waals surface area contributed by atoms with Crippen LogP contribution in [0.5, 0.6) is 5.75 Å². The third-order valence-corrected chi connectivity index (χ3v) is 5.13. The molecule has 0 fully saturated rings. The van der Waals surface area contributed by atoms with Gasteiger partial charge in [0.2, 0.25) is 5.82 Å². The first-order chi connectivity index (χ1) is 15.0. The quantitative estimate of drug-likeness (QED) is 0.553. The molecule has 0 radical (unpaired) electrons. The van der Waals surface area contributed by atoms with E-state index in [0.717, 1.165) is 17.5 Å². The summed E-state index contributed by atoms with van der Waals surface area (Å²) in [5, 5.41) is 16.6.